The molecule has 0 aliphatic carbocycles. The molecule has 4 N–H and O–H groups in total. The van der Waals surface area contributed by atoms with E-state index < -0.39 is 5.79 Å². The Hall–Kier alpha value is -0.160. The molecule has 1 heterocycles. The van der Waals surface area contributed by atoms with Crippen molar-refractivity contribution < 1.29 is 9.47 Å². The summed E-state index contributed by atoms with van der Waals surface area (Å²) in [7, 11) is 0. The number of hydrogen-bond donors (Lipinski definition) is 2. The third-order valence-electron chi connectivity index (χ3n) is 2.32. The van der Waals surface area contributed by atoms with Gasteiger partial charge in [-0.05, 0) is 13.8 Å². The van der Waals surface area contributed by atoms with Crippen LogP contribution in [0.2, 0.25) is 0 Å². The van der Waals surface area contributed by atoms with Gasteiger partial charge in [-0.2, -0.15) is 0 Å². The van der Waals surface area contributed by atoms with Crippen LogP contribution in [0.5, 0.6) is 0 Å². The van der Waals surface area contributed by atoms with Crippen LogP contribution in [0.4, 0.5) is 0 Å². The summed E-state index contributed by atoms with van der Waals surface area (Å²) in [4.78, 5) is 0. The zero-order chi connectivity index (χ0) is 9.24. The van der Waals surface area contributed by atoms with Crippen LogP contribution in [-0.2, 0) is 9.47 Å². The summed E-state index contributed by atoms with van der Waals surface area (Å²) in [6, 6.07) is 0. The van der Waals surface area contributed by atoms with E-state index in [1.165, 1.54) is 0 Å². The Morgan fingerprint density at radius 1 is 1.08 bits per heavy atom. The summed E-state index contributed by atoms with van der Waals surface area (Å²) in [5.41, 5.74) is 11.0. The highest BCUT2D eigenvalue weighted by molar-refractivity contribution is 4.85. The van der Waals surface area contributed by atoms with Gasteiger partial charge >= 0.3 is 0 Å². The van der Waals surface area contributed by atoms with Gasteiger partial charge in [0, 0.05) is 18.5 Å². The highest BCUT2D eigenvalue weighted by Gasteiger charge is 2.38. The predicted molar refractivity (Wildman–Crippen MR) is 46.5 cm³/mol. The molecule has 1 saturated heterocycles. The molecule has 1 rings (SSSR count). The van der Waals surface area contributed by atoms with Crippen LogP contribution in [0.15, 0.2) is 0 Å². The van der Waals surface area contributed by atoms with Crippen LogP contribution in [-0.4, -0.2) is 32.1 Å². The van der Waals surface area contributed by atoms with E-state index in [1.54, 1.807) is 0 Å². The Labute approximate surface area is 73.2 Å². The van der Waals surface area contributed by atoms with E-state index in [4.69, 9.17) is 20.9 Å². The third kappa shape index (κ3) is 1.95. The van der Waals surface area contributed by atoms with Crippen molar-refractivity contribution in [3.8, 4) is 0 Å². The second-order valence-electron chi connectivity index (χ2n) is 3.89. The van der Waals surface area contributed by atoms with Crippen LogP contribution >= 0.6 is 0 Å². The van der Waals surface area contributed by atoms with E-state index in [9.17, 15) is 0 Å². The van der Waals surface area contributed by atoms with Gasteiger partial charge in [-0.3, -0.25) is 0 Å². The average Bonchev–Trinajstić information content (AvgIpc) is 2.06. The van der Waals surface area contributed by atoms with Gasteiger partial charge in [0.2, 0.25) is 0 Å². The van der Waals surface area contributed by atoms with Crippen molar-refractivity contribution in [2.75, 3.05) is 26.3 Å². The molecule has 1 fully saturated rings. The quantitative estimate of drug-likeness (QED) is 0.601. The van der Waals surface area contributed by atoms with Gasteiger partial charge in [-0.25, -0.2) is 0 Å². The van der Waals surface area contributed by atoms with Crippen LogP contribution < -0.4 is 11.5 Å². The summed E-state index contributed by atoms with van der Waals surface area (Å²) in [5, 5.41) is 0. The Balaban J connectivity index is 2.53. The van der Waals surface area contributed by atoms with E-state index in [-0.39, 0.29) is 5.41 Å². The molecule has 0 amide bonds. The highest BCUT2D eigenvalue weighted by atomic mass is 16.7. The van der Waals surface area contributed by atoms with Crippen LogP contribution in [0, 0.1) is 5.41 Å². The van der Waals surface area contributed by atoms with Crippen LogP contribution in [0.1, 0.15) is 13.8 Å². The molecule has 0 atom stereocenters. The first-order chi connectivity index (χ1) is 5.54. The lowest BCUT2D eigenvalue weighted by atomic mass is 9.89. The molecule has 0 aromatic carbocycles. The summed E-state index contributed by atoms with van der Waals surface area (Å²) in [6.07, 6.45) is 0. The van der Waals surface area contributed by atoms with Crippen LogP contribution in [0.3, 0.4) is 0 Å². The Bertz CT molecular complexity index is 143. The van der Waals surface area contributed by atoms with E-state index >= 15 is 0 Å². The predicted octanol–water partition coefficient (Wildman–Crippen LogP) is -0.327. The van der Waals surface area contributed by atoms with Crippen molar-refractivity contribution in [1.29, 1.82) is 0 Å². The molecule has 0 spiro atoms. The smallest absolute Gasteiger partial charge is 0.162 e. The third-order valence-corrected chi connectivity index (χ3v) is 2.32. The SMILES string of the molecule is CC1(C)OCC(CN)(CN)CO1. The fraction of sp³-hybridized carbons (Fsp3) is 1.00. The number of nitrogens with two attached hydrogens (primary N) is 2. The summed E-state index contributed by atoms with van der Waals surface area (Å²) < 4.78 is 11.0. The van der Waals surface area contributed by atoms with E-state index in [0.29, 0.717) is 26.3 Å². The molecule has 1 aliphatic rings. The minimum Gasteiger partial charge on any atom is -0.350 e. The van der Waals surface area contributed by atoms with Gasteiger partial charge in [0.25, 0.3) is 0 Å². The monoisotopic (exact) mass is 174 g/mol. The normalized spacial score (nSPS) is 27.0. The van der Waals surface area contributed by atoms with E-state index in [1.807, 2.05) is 13.8 Å². The number of hydrogen-bond acceptors (Lipinski definition) is 4. The van der Waals surface area contributed by atoms with Crippen LogP contribution in [0.25, 0.3) is 0 Å². The minimum absolute atomic E-state index is 0.171. The molecule has 1 aliphatic heterocycles. The molecule has 0 bridgehead atoms. The van der Waals surface area contributed by atoms with E-state index in [0.717, 1.165) is 0 Å². The van der Waals surface area contributed by atoms with Gasteiger partial charge in [0.15, 0.2) is 5.79 Å². The summed E-state index contributed by atoms with van der Waals surface area (Å²) >= 11 is 0. The topological polar surface area (TPSA) is 70.5 Å². The van der Waals surface area contributed by atoms with Crippen molar-refractivity contribution in [3.05, 3.63) is 0 Å². The van der Waals surface area contributed by atoms with Gasteiger partial charge in [-0.15, -0.1) is 0 Å². The van der Waals surface area contributed by atoms with Crippen molar-refractivity contribution in [2.24, 2.45) is 16.9 Å². The zero-order valence-corrected chi connectivity index (χ0v) is 7.80. The summed E-state index contributed by atoms with van der Waals surface area (Å²) in [6.45, 7) is 5.99. The first-order valence-electron chi connectivity index (χ1n) is 4.22. The maximum Gasteiger partial charge on any atom is 0.162 e. The van der Waals surface area contributed by atoms with Gasteiger partial charge in [0.1, 0.15) is 0 Å². The molecule has 72 valence electrons. The Morgan fingerprint density at radius 2 is 1.50 bits per heavy atom. The first kappa shape index (κ1) is 9.92. The van der Waals surface area contributed by atoms with Crippen molar-refractivity contribution >= 4 is 0 Å². The summed E-state index contributed by atoms with van der Waals surface area (Å²) in [5.74, 6) is -0.478. The maximum absolute atomic E-state index is 5.60. The Morgan fingerprint density at radius 3 is 1.83 bits per heavy atom. The molecule has 0 aromatic rings. The molecular formula is C8H18N2O2. The van der Waals surface area contributed by atoms with Crippen molar-refractivity contribution in [1.82, 2.24) is 0 Å². The number of rotatable bonds is 2. The zero-order valence-electron chi connectivity index (χ0n) is 7.80. The second-order valence-corrected chi connectivity index (χ2v) is 3.89. The Kier molecular flexibility index (Phi) is 2.73. The fourth-order valence-corrected chi connectivity index (χ4v) is 1.06. The van der Waals surface area contributed by atoms with Crippen molar-refractivity contribution in [3.63, 3.8) is 0 Å². The molecule has 12 heavy (non-hydrogen) atoms. The largest absolute Gasteiger partial charge is 0.350 e. The lowest BCUT2D eigenvalue weighted by molar-refractivity contribution is -0.281. The molecular weight excluding hydrogens is 156 g/mol. The first-order valence-corrected chi connectivity index (χ1v) is 4.22. The maximum atomic E-state index is 5.60. The molecule has 0 radical (unpaired) electrons. The van der Waals surface area contributed by atoms with Crippen molar-refractivity contribution in [2.45, 2.75) is 19.6 Å². The fourth-order valence-electron chi connectivity index (χ4n) is 1.06. The lowest BCUT2D eigenvalue weighted by Crippen LogP contribution is -2.53. The lowest BCUT2D eigenvalue weighted by Gasteiger charge is -2.42. The number of ether oxygens (including phenoxy) is 2. The van der Waals surface area contributed by atoms with Gasteiger partial charge < -0.3 is 20.9 Å². The minimum atomic E-state index is -0.478. The molecule has 4 nitrogen and oxygen atoms in total. The highest BCUT2D eigenvalue weighted by Crippen LogP contribution is 2.27. The van der Waals surface area contributed by atoms with Gasteiger partial charge in [0.05, 0.1) is 13.2 Å². The average molecular weight is 174 g/mol. The van der Waals surface area contributed by atoms with Gasteiger partial charge in [-0.1, -0.05) is 0 Å². The molecule has 0 aromatic heterocycles. The van der Waals surface area contributed by atoms with E-state index in [2.05, 4.69) is 0 Å². The molecule has 0 unspecified atom stereocenters. The standard InChI is InChI=1S/C8H18N2O2/c1-7(2)11-5-8(3-9,4-10)6-12-7/h3-6,9-10H2,1-2H3. The second kappa shape index (κ2) is 3.30. The molecule has 0 saturated carbocycles. The molecule has 4 heteroatoms.